The van der Waals surface area contributed by atoms with Crippen LogP contribution in [0.25, 0.3) is 0 Å². The molecule has 1 aromatic rings. The van der Waals surface area contributed by atoms with E-state index in [1.807, 2.05) is 18.2 Å². The summed E-state index contributed by atoms with van der Waals surface area (Å²) in [4.78, 5) is 14.4. The van der Waals surface area contributed by atoms with Gasteiger partial charge in [-0.15, -0.1) is 0 Å². The molecule has 0 aliphatic rings. The predicted octanol–water partition coefficient (Wildman–Crippen LogP) is 3.16. The number of carbonyl (C=O) groups is 1. The van der Waals surface area contributed by atoms with Crippen LogP contribution in [0.3, 0.4) is 0 Å². The van der Waals surface area contributed by atoms with Gasteiger partial charge in [-0.25, -0.2) is 4.79 Å². The Morgan fingerprint density at radius 3 is 2.40 bits per heavy atom. The third-order valence-corrected chi connectivity index (χ3v) is 2.23. The van der Waals surface area contributed by atoms with Crippen molar-refractivity contribution >= 4 is 41.1 Å². The van der Waals surface area contributed by atoms with E-state index in [4.69, 9.17) is 28.3 Å². The Bertz CT molecular complexity index is 413. The van der Waals surface area contributed by atoms with Gasteiger partial charge < -0.3 is 5.11 Å². The van der Waals surface area contributed by atoms with Crippen LogP contribution in [0.4, 0.5) is 5.69 Å². The molecule has 0 heterocycles. The molecule has 5 heteroatoms. The summed E-state index contributed by atoms with van der Waals surface area (Å²) in [7, 11) is 0. The van der Waals surface area contributed by atoms with Gasteiger partial charge in [-0.3, -0.25) is 4.99 Å². The molecular formula is C10H7Cl2NO2. The molecule has 78 valence electrons. The highest BCUT2D eigenvalue weighted by atomic mass is 35.5. The largest absolute Gasteiger partial charge is 0.477 e. The number of allylic oxidation sites excluding steroid dienone is 1. The second kappa shape index (κ2) is 5.53. The van der Waals surface area contributed by atoms with Gasteiger partial charge in [-0.05, 0) is 12.1 Å². The van der Waals surface area contributed by atoms with E-state index in [0.29, 0.717) is 5.69 Å². The van der Waals surface area contributed by atoms with Crippen molar-refractivity contribution in [1.82, 2.24) is 0 Å². The van der Waals surface area contributed by atoms with Crippen LogP contribution < -0.4 is 0 Å². The number of para-hydroxylation sites is 1. The average Bonchev–Trinajstić information content (AvgIpc) is 2.26. The summed E-state index contributed by atoms with van der Waals surface area (Å²) in [6.45, 7) is 0. The average molecular weight is 244 g/mol. The van der Waals surface area contributed by atoms with Crippen LogP contribution in [-0.2, 0) is 4.79 Å². The van der Waals surface area contributed by atoms with E-state index in [9.17, 15) is 4.79 Å². The number of halogens is 2. The maximum absolute atomic E-state index is 10.4. The molecule has 0 bridgehead atoms. The van der Waals surface area contributed by atoms with E-state index in [-0.39, 0.29) is 5.03 Å². The fraction of sp³-hybridized carbons (Fsp3) is 0. The van der Waals surface area contributed by atoms with Gasteiger partial charge >= 0.3 is 5.97 Å². The van der Waals surface area contributed by atoms with E-state index in [2.05, 4.69) is 4.99 Å². The standard InChI is InChI=1S/C10H7Cl2NO2/c11-8(9(12)10(14)15)6-13-7-4-2-1-3-5-7/h1-6H,(H,14,15)/b9-8+,13-6?. The van der Waals surface area contributed by atoms with Crippen LogP contribution in [0.1, 0.15) is 0 Å². The van der Waals surface area contributed by atoms with Crippen molar-refractivity contribution in [2.75, 3.05) is 0 Å². The second-order valence-corrected chi connectivity index (χ2v) is 3.35. The van der Waals surface area contributed by atoms with Crippen LogP contribution in [0.15, 0.2) is 45.4 Å². The van der Waals surface area contributed by atoms with E-state index in [1.54, 1.807) is 12.1 Å². The van der Waals surface area contributed by atoms with Crippen molar-refractivity contribution in [3.8, 4) is 0 Å². The predicted molar refractivity (Wildman–Crippen MR) is 61.0 cm³/mol. The van der Waals surface area contributed by atoms with Crippen molar-refractivity contribution in [3.63, 3.8) is 0 Å². The van der Waals surface area contributed by atoms with Crippen molar-refractivity contribution in [2.45, 2.75) is 0 Å². The molecular weight excluding hydrogens is 237 g/mol. The fourth-order valence-corrected chi connectivity index (χ4v) is 0.983. The van der Waals surface area contributed by atoms with Crippen molar-refractivity contribution < 1.29 is 9.90 Å². The zero-order valence-corrected chi connectivity index (χ0v) is 9.03. The molecule has 0 atom stereocenters. The number of carboxylic acids is 1. The quantitative estimate of drug-likeness (QED) is 0.655. The Kier molecular flexibility index (Phi) is 4.34. The third-order valence-electron chi connectivity index (χ3n) is 1.48. The number of nitrogens with zero attached hydrogens (tertiary/aromatic N) is 1. The van der Waals surface area contributed by atoms with Gasteiger partial charge in [0, 0.05) is 6.21 Å². The van der Waals surface area contributed by atoms with E-state index < -0.39 is 11.0 Å². The molecule has 15 heavy (non-hydrogen) atoms. The van der Waals surface area contributed by atoms with E-state index >= 15 is 0 Å². The van der Waals surface area contributed by atoms with E-state index in [0.717, 1.165) is 0 Å². The summed E-state index contributed by atoms with van der Waals surface area (Å²) in [6, 6.07) is 8.98. The summed E-state index contributed by atoms with van der Waals surface area (Å²) < 4.78 is 0. The zero-order valence-electron chi connectivity index (χ0n) is 7.52. The Morgan fingerprint density at radius 2 is 1.87 bits per heavy atom. The summed E-state index contributed by atoms with van der Waals surface area (Å²) in [5.74, 6) is -1.28. The molecule has 3 nitrogen and oxygen atoms in total. The molecule has 1 N–H and O–H groups in total. The van der Waals surface area contributed by atoms with Crippen LogP contribution >= 0.6 is 23.2 Å². The molecule has 0 aromatic heterocycles. The second-order valence-electron chi connectivity index (χ2n) is 2.56. The first-order valence-electron chi connectivity index (χ1n) is 3.99. The summed E-state index contributed by atoms with van der Waals surface area (Å²) >= 11 is 11.0. The van der Waals surface area contributed by atoms with Crippen LogP contribution in [0.5, 0.6) is 0 Å². The molecule has 0 unspecified atom stereocenters. The van der Waals surface area contributed by atoms with Crippen molar-refractivity contribution in [2.24, 2.45) is 4.99 Å². The lowest BCUT2D eigenvalue weighted by atomic mass is 10.3. The van der Waals surface area contributed by atoms with Gasteiger partial charge in [0.15, 0.2) is 0 Å². The lowest BCUT2D eigenvalue weighted by molar-refractivity contribution is -0.131. The van der Waals surface area contributed by atoms with Crippen LogP contribution in [-0.4, -0.2) is 17.3 Å². The van der Waals surface area contributed by atoms with Crippen LogP contribution in [0, 0.1) is 0 Å². The van der Waals surface area contributed by atoms with Gasteiger partial charge in [0.1, 0.15) is 5.03 Å². The number of hydrogen-bond donors (Lipinski definition) is 1. The van der Waals surface area contributed by atoms with Gasteiger partial charge in [0.2, 0.25) is 0 Å². The minimum absolute atomic E-state index is 0.104. The number of rotatable bonds is 3. The number of benzene rings is 1. The van der Waals surface area contributed by atoms with Gasteiger partial charge in [-0.2, -0.15) is 0 Å². The Hall–Kier alpha value is -1.32. The summed E-state index contributed by atoms with van der Waals surface area (Å²) in [5, 5.41) is 7.96. The Balaban J connectivity index is 2.83. The lowest BCUT2D eigenvalue weighted by Gasteiger charge is -1.93. The molecule has 1 aromatic carbocycles. The molecule has 0 spiro atoms. The molecule has 0 aliphatic carbocycles. The van der Waals surface area contributed by atoms with Crippen molar-refractivity contribution in [3.05, 3.63) is 40.4 Å². The highest BCUT2D eigenvalue weighted by Crippen LogP contribution is 2.15. The smallest absolute Gasteiger partial charge is 0.348 e. The van der Waals surface area contributed by atoms with E-state index in [1.165, 1.54) is 6.21 Å². The first-order chi connectivity index (χ1) is 7.11. The molecule has 0 aliphatic heterocycles. The zero-order chi connectivity index (χ0) is 11.3. The first kappa shape index (κ1) is 11.8. The SMILES string of the molecule is O=C(O)/C(Cl)=C(\Cl)C=Nc1ccccc1. The highest BCUT2D eigenvalue weighted by molar-refractivity contribution is 6.51. The number of hydrogen-bond acceptors (Lipinski definition) is 2. The van der Waals surface area contributed by atoms with Crippen LogP contribution in [0.2, 0.25) is 0 Å². The van der Waals surface area contributed by atoms with Gasteiger partial charge in [0.25, 0.3) is 0 Å². The van der Waals surface area contributed by atoms with Gasteiger partial charge in [-0.1, -0.05) is 41.4 Å². The lowest BCUT2D eigenvalue weighted by Crippen LogP contribution is -1.96. The molecule has 0 saturated heterocycles. The number of aliphatic imine (C=N–C) groups is 1. The third kappa shape index (κ3) is 3.73. The minimum atomic E-state index is -1.28. The minimum Gasteiger partial charge on any atom is -0.477 e. The topological polar surface area (TPSA) is 49.7 Å². The monoisotopic (exact) mass is 243 g/mol. The highest BCUT2D eigenvalue weighted by Gasteiger charge is 2.07. The molecule has 0 amide bonds. The molecule has 0 saturated carbocycles. The molecule has 0 fully saturated rings. The maximum Gasteiger partial charge on any atom is 0.348 e. The molecule has 1 rings (SSSR count). The Morgan fingerprint density at radius 1 is 1.27 bits per heavy atom. The summed E-state index contributed by atoms with van der Waals surface area (Å²) in [5.41, 5.74) is 0.672. The normalized spacial score (nSPS) is 12.7. The number of carboxylic acid groups (broad SMARTS) is 1. The van der Waals surface area contributed by atoms with Crippen molar-refractivity contribution in [1.29, 1.82) is 0 Å². The Labute approximate surface area is 96.7 Å². The fourth-order valence-electron chi connectivity index (χ4n) is 0.804. The molecule has 0 radical (unpaired) electrons. The number of aliphatic carboxylic acids is 1. The van der Waals surface area contributed by atoms with Gasteiger partial charge in [0.05, 0.1) is 10.7 Å². The summed E-state index contributed by atoms with van der Waals surface area (Å²) in [6.07, 6.45) is 1.20. The maximum atomic E-state index is 10.4. The first-order valence-corrected chi connectivity index (χ1v) is 4.74.